The highest BCUT2D eigenvalue weighted by Crippen LogP contribution is 2.45. The lowest BCUT2D eigenvalue weighted by Gasteiger charge is -2.50. The predicted molar refractivity (Wildman–Crippen MR) is 281 cm³/mol. The average Bonchev–Trinajstić information content (AvgIpc) is 4.11. The monoisotopic (exact) mass is 1090 g/mol. The van der Waals surface area contributed by atoms with E-state index in [1.54, 1.807) is 53.0 Å². The Morgan fingerprint density at radius 1 is 0.909 bits per heavy atom. The van der Waals surface area contributed by atoms with Gasteiger partial charge in [-0.05, 0) is 113 Å². The number of carbonyl (C=O) groups excluding carboxylic acids is 3. The normalized spacial score (nSPS) is 41.6. The Hall–Kier alpha value is -3.72. The van der Waals surface area contributed by atoms with E-state index in [0.29, 0.717) is 49.9 Å². The van der Waals surface area contributed by atoms with Crippen molar-refractivity contribution in [2.24, 2.45) is 29.6 Å². The number of cyclic esters (lactones) is 1. The van der Waals surface area contributed by atoms with Gasteiger partial charge in [-0.2, -0.15) is 0 Å². The Balaban J connectivity index is 1.14. The molecule has 0 aromatic carbocycles. The van der Waals surface area contributed by atoms with E-state index < -0.39 is 114 Å². The number of amides is 1. The molecular formula is C54H90N8O15. The third-order valence-corrected chi connectivity index (χ3v) is 17.8. The Morgan fingerprint density at radius 3 is 2.29 bits per heavy atom. The van der Waals surface area contributed by atoms with Crippen LogP contribution in [0.2, 0.25) is 0 Å². The van der Waals surface area contributed by atoms with Crippen LogP contribution in [0.25, 0.3) is 11.2 Å². The number of nitrogen functional groups attached to an aromatic ring is 1. The van der Waals surface area contributed by atoms with Crippen LogP contribution in [-0.2, 0) is 52.2 Å². The van der Waals surface area contributed by atoms with Crippen molar-refractivity contribution in [1.82, 2.24) is 34.6 Å². The number of nitrogens with zero attached hydrogens (tertiary/aromatic N) is 6. The predicted octanol–water partition coefficient (Wildman–Crippen LogP) is 3.60. The number of rotatable bonds is 17. The van der Waals surface area contributed by atoms with Gasteiger partial charge in [0.2, 0.25) is 0 Å². The summed E-state index contributed by atoms with van der Waals surface area (Å²) in [6.45, 7) is 19.3. The molecule has 7 rings (SSSR count). The summed E-state index contributed by atoms with van der Waals surface area (Å²) >= 11 is 0. The van der Waals surface area contributed by atoms with E-state index in [9.17, 15) is 20.1 Å². The summed E-state index contributed by atoms with van der Waals surface area (Å²) in [5, 5.41) is 36.8. The molecule has 436 valence electrons. The van der Waals surface area contributed by atoms with Crippen LogP contribution in [0.4, 0.5) is 10.6 Å². The quantitative estimate of drug-likeness (QED) is 0.112. The van der Waals surface area contributed by atoms with Crippen molar-refractivity contribution >= 4 is 34.8 Å². The summed E-state index contributed by atoms with van der Waals surface area (Å²) in [6, 6.07) is -1.16. The molecule has 23 nitrogen and oxygen atoms in total. The van der Waals surface area contributed by atoms with Crippen LogP contribution in [0, 0.1) is 29.6 Å². The average molecular weight is 1090 g/mol. The largest absolute Gasteiger partial charge is 0.458 e. The minimum absolute atomic E-state index is 0.0290. The number of Topliss-reactive ketones (excluding diaryl/α,β-unsaturated/α-hetero) is 1. The first-order valence-corrected chi connectivity index (χ1v) is 27.7. The standard InChI is InChI=1S/C54H90N8O15/c1-15-37-54(10)44(61(51(68)77-54)20-16-18-56-19-17-34-22-38(73-36(34)25-63)62-27-59-40-47(55)57-26-58-48(40)62)30(4)41(64)28(2)23-53(9,70-14)46(76-50-42(65)35(60(11)12)21-29(3)71-50)31(5)43(32(6)49(67)74-37)75-39-24-52(8,69-13)45(66)33(7)72-39/h26-39,42-46,50,56,63,65-66H,15-25H2,1-14H3,(H2,55,57,58)/t28-,29-,30+,31+,32-,33+,34+,35+,36-,37?,38-,39+,42-,43?,44-,45+,46-,50+,52-,53-,54-/m1/s1. The van der Waals surface area contributed by atoms with E-state index in [4.69, 9.17) is 48.4 Å². The van der Waals surface area contributed by atoms with Gasteiger partial charge in [-0.15, -0.1) is 0 Å². The molecule has 5 aliphatic rings. The zero-order valence-corrected chi connectivity index (χ0v) is 47.8. The zero-order valence-electron chi connectivity index (χ0n) is 47.8. The molecular weight excluding hydrogens is 1000 g/mol. The fourth-order valence-electron chi connectivity index (χ4n) is 13.2. The first kappa shape index (κ1) is 60.9. The van der Waals surface area contributed by atoms with Gasteiger partial charge in [-0.25, -0.2) is 19.7 Å². The van der Waals surface area contributed by atoms with Gasteiger partial charge >= 0.3 is 12.1 Å². The molecule has 5 fully saturated rings. The highest BCUT2D eigenvalue weighted by atomic mass is 16.7. The molecule has 2 unspecified atom stereocenters. The fraction of sp³-hybridized carbons (Fsp3) is 0.852. The van der Waals surface area contributed by atoms with Gasteiger partial charge in [0.1, 0.15) is 42.2 Å². The van der Waals surface area contributed by atoms with E-state index in [0.717, 1.165) is 0 Å². The lowest BCUT2D eigenvalue weighted by molar-refractivity contribution is -0.319. The van der Waals surface area contributed by atoms with E-state index in [1.165, 1.54) is 13.4 Å². The number of aromatic nitrogens is 4. The lowest BCUT2D eigenvalue weighted by Crippen LogP contribution is -2.61. The smallest absolute Gasteiger partial charge is 0.410 e. The van der Waals surface area contributed by atoms with Gasteiger partial charge in [0.15, 0.2) is 29.6 Å². The second kappa shape index (κ2) is 25.0. The fourth-order valence-corrected chi connectivity index (χ4v) is 13.2. The molecule has 0 spiro atoms. The number of methoxy groups -OCH3 is 2. The maximum atomic E-state index is 15.2. The minimum Gasteiger partial charge on any atom is -0.458 e. The van der Waals surface area contributed by atoms with Crippen LogP contribution in [0.15, 0.2) is 12.7 Å². The summed E-state index contributed by atoms with van der Waals surface area (Å²) in [7, 11) is 6.84. The molecule has 0 aliphatic carbocycles. The van der Waals surface area contributed by atoms with E-state index in [-0.39, 0.29) is 68.3 Å². The number of imidazole rings is 1. The number of likely N-dealkylation sites (N-methyl/N-ethyl adjacent to an activating group) is 1. The molecule has 5 aliphatic heterocycles. The number of carbonyl (C=O) groups is 3. The molecule has 21 atom stereocenters. The third kappa shape index (κ3) is 12.5. The number of nitrogens with one attached hydrogen (secondary N) is 1. The van der Waals surface area contributed by atoms with E-state index in [2.05, 4.69) is 20.3 Å². The van der Waals surface area contributed by atoms with Crippen LogP contribution in [0.3, 0.4) is 0 Å². The van der Waals surface area contributed by atoms with Crippen LogP contribution in [-0.4, -0.2) is 207 Å². The first-order valence-electron chi connectivity index (χ1n) is 27.7. The van der Waals surface area contributed by atoms with Crippen LogP contribution in [0.1, 0.15) is 120 Å². The van der Waals surface area contributed by atoms with Gasteiger partial charge in [-0.3, -0.25) is 14.2 Å². The SMILES string of the molecule is CCC1OC(=O)[C@H](C)C(O[C@H]2C[C@@](C)(OC)[C@@H](O)[C@H](C)O2)[C@H](C)[C@@H](O[C@@H]2O[C@H](C)C[C@H](N(C)C)[C@H]2O)[C@](C)(OC)C[C@@H](C)C(=O)[C@H](C)[C@H]2N(CCCNCC[C@H]3C[C@H](n4cnc5c(N)ncnc54)O[C@@H]3CO)C(=O)O[C@]12C. The minimum atomic E-state index is -1.46. The first-order chi connectivity index (χ1) is 36.4. The Kier molecular flexibility index (Phi) is 19.8. The summed E-state index contributed by atoms with van der Waals surface area (Å²) < 4.78 is 59.9. The number of hydrogen-bond donors (Lipinski definition) is 5. The molecule has 5 saturated heterocycles. The highest BCUT2D eigenvalue weighted by molar-refractivity contribution is 5.85. The number of aliphatic hydroxyl groups excluding tert-OH is 3. The molecule has 0 radical (unpaired) electrons. The van der Waals surface area contributed by atoms with E-state index in [1.807, 2.05) is 58.2 Å². The maximum Gasteiger partial charge on any atom is 0.410 e. The Labute approximate surface area is 453 Å². The second-order valence-electron chi connectivity index (χ2n) is 23.4. The maximum absolute atomic E-state index is 15.2. The third-order valence-electron chi connectivity index (χ3n) is 17.8. The number of hydrogen-bond acceptors (Lipinski definition) is 21. The number of ether oxygens (including phenoxy) is 9. The van der Waals surface area contributed by atoms with Crippen LogP contribution < -0.4 is 11.1 Å². The number of fused-ring (bicyclic) bond motifs is 2. The van der Waals surface area contributed by atoms with Gasteiger partial charge in [0.25, 0.3) is 0 Å². The lowest BCUT2D eigenvalue weighted by atomic mass is 9.73. The van der Waals surface area contributed by atoms with Gasteiger partial charge < -0.3 is 78.8 Å². The molecule has 0 bridgehead atoms. The van der Waals surface area contributed by atoms with Gasteiger partial charge in [0.05, 0.1) is 66.6 Å². The van der Waals surface area contributed by atoms with Crippen molar-refractivity contribution in [2.45, 2.75) is 211 Å². The van der Waals surface area contributed by atoms with Crippen molar-refractivity contribution in [3.63, 3.8) is 0 Å². The van der Waals surface area contributed by atoms with Crippen LogP contribution in [0.5, 0.6) is 0 Å². The van der Waals surface area contributed by atoms with Gasteiger partial charge in [-0.1, -0.05) is 27.7 Å². The van der Waals surface area contributed by atoms with Crippen LogP contribution >= 0.6 is 0 Å². The van der Waals surface area contributed by atoms with E-state index >= 15 is 9.59 Å². The van der Waals surface area contributed by atoms with Crippen molar-refractivity contribution in [3.05, 3.63) is 12.7 Å². The number of esters is 1. The molecule has 23 heteroatoms. The topological polar surface area (TPSA) is 283 Å². The zero-order chi connectivity index (χ0) is 56.5. The summed E-state index contributed by atoms with van der Waals surface area (Å²) in [5.41, 5.74) is 3.25. The Morgan fingerprint density at radius 2 is 1.62 bits per heavy atom. The molecule has 2 aromatic heterocycles. The van der Waals surface area contributed by atoms with Crippen molar-refractivity contribution in [3.8, 4) is 0 Å². The second-order valence-corrected chi connectivity index (χ2v) is 23.4. The number of ketones is 1. The number of anilines is 1. The number of aliphatic hydroxyl groups is 3. The molecule has 0 saturated carbocycles. The van der Waals surface area contributed by atoms with Gasteiger partial charge in [0, 0.05) is 51.0 Å². The van der Waals surface area contributed by atoms with Crippen molar-refractivity contribution < 1.29 is 72.3 Å². The summed E-state index contributed by atoms with van der Waals surface area (Å²) in [4.78, 5) is 60.8. The highest BCUT2D eigenvalue weighted by Gasteiger charge is 2.61. The molecule has 6 N–H and O–H groups in total. The van der Waals surface area contributed by atoms with Crippen molar-refractivity contribution in [1.29, 1.82) is 0 Å². The van der Waals surface area contributed by atoms with Crippen molar-refractivity contribution in [2.75, 3.05) is 60.3 Å². The molecule has 7 heterocycles. The summed E-state index contributed by atoms with van der Waals surface area (Å²) in [6.07, 6.45) is -3.73. The molecule has 2 aromatic rings. The number of nitrogens with two attached hydrogens (primary N) is 1. The Bertz CT molecular complexity index is 2320. The molecule has 1 amide bonds. The molecule has 77 heavy (non-hydrogen) atoms. The summed E-state index contributed by atoms with van der Waals surface area (Å²) in [5.74, 6) is -3.76.